The average molecular weight is 374 g/mol. The van der Waals surface area contributed by atoms with Gasteiger partial charge in [-0.15, -0.1) is 5.10 Å². The zero-order valence-electron chi connectivity index (χ0n) is 12.0. The lowest BCUT2D eigenvalue weighted by atomic mass is 10.2. The van der Waals surface area contributed by atoms with E-state index in [4.69, 9.17) is 16.3 Å². The van der Waals surface area contributed by atoms with Gasteiger partial charge in [0.15, 0.2) is 4.60 Å². The van der Waals surface area contributed by atoms with Crippen molar-refractivity contribution >= 4 is 27.5 Å². The SMILES string of the molecule is CCCNC(COc1cccc(Cl)c1)c1c(Br)nnn1C. The molecule has 0 bridgehead atoms. The molecule has 0 amide bonds. The first-order chi connectivity index (χ1) is 10.1. The average Bonchev–Trinajstić information content (AvgIpc) is 2.79. The van der Waals surface area contributed by atoms with Crippen LogP contribution in [-0.4, -0.2) is 28.1 Å². The van der Waals surface area contributed by atoms with Crippen LogP contribution in [0.25, 0.3) is 0 Å². The smallest absolute Gasteiger partial charge is 0.153 e. The highest BCUT2D eigenvalue weighted by molar-refractivity contribution is 9.10. The normalized spacial score (nSPS) is 12.4. The van der Waals surface area contributed by atoms with Crippen LogP contribution in [0.2, 0.25) is 5.02 Å². The maximum Gasteiger partial charge on any atom is 0.153 e. The summed E-state index contributed by atoms with van der Waals surface area (Å²) in [6.45, 7) is 3.49. The number of ether oxygens (including phenoxy) is 1. The molecule has 1 atom stereocenters. The molecular formula is C14H18BrClN4O. The molecular weight excluding hydrogens is 356 g/mol. The van der Waals surface area contributed by atoms with Crippen LogP contribution in [0.1, 0.15) is 25.1 Å². The van der Waals surface area contributed by atoms with Crippen LogP contribution >= 0.6 is 27.5 Å². The van der Waals surface area contributed by atoms with Crippen molar-refractivity contribution < 1.29 is 4.74 Å². The van der Waals surface area contributed by atoms with E-state index < -0.39 is 0 Å². The fourth-order valence-corrected chi connectivity index (χ4v) is 2.78. The second-order valence-electron chi connectivity index (χ2n) is 4.66. The summed E-state index contributed by atoms with van der Waals surface area (Å²) < 4.78 is 8.32. The molecule has 0 aliphatic heterocycles. The van der Waals surface area contributed by atoms with Gasteiger partial charge in [0.25, 0.3) is 0 Å². The number of nitrogens with zero attached hydrogens (tertiary/aromatic N) is 3. The predicted molar refractivity (Wildman–Crippen MR) is 86.7 cm³/mol. The highest BCUT2D eigenvalue weighted by Gasteiger charge is 2.20. The number of aryl methyl sites for hydroxylation is 1. The summed E-state index contributed by atoms with van der Waals surface area (Å²) in [5.74, 6) is 0.747. The fourth-order valence-electron chi connectivity index (χ4n) is 2.00. The van der Waals surface area contributed by atoms with Gasteiger partial charge in [0, 0.05) is 12.1 Å². The van der Waals surface area contributed by atoms with Crippen molar-refractivity contribution in [2.75, 3.05) is 13.2 Å². The van der Waals surface area contributed by atoms with E-state index in [9.17, 15) is 0 Å². The fraction of sp³-hybridized carbons (Fsp3) is 0.429. The van der Waals surface area contributed by atoms with Crippen LogP contribution in [0, 0.1) is 0 Å². The number of rotatable bonds is 7. The van der Waals surface area contributed by atoms with Gasteiger partial charge in [-0.2, -0.15) is 0 Å². The van der Waals surface area contributed by atoms with E-state index in [0.29, 0.717) is 11.6 Å². The summed E-state index contributed by atoms with van der Waals surface area (Å²) in [5, 5.41) is 12.2. The molecule has 114 valence electrons. The van der Waals surface area contributed by atoms with E-state index in [1.807, 2.05) is 25.2 Å². The second-order valence-corrected chi connectivity index (χ2v) is 5.85. The van der Waals surface area contributed by atoms with Crippen LogP contribution in [0.4, 0.5) is 0 Å². The summed E-state index contributed by atoms with van der Waals surface area (Å²) >= 11 is 9.40. The van der Waals surface area contributed by atoms with Crippen LogP contribution in [0.5, 0.6) is 5.75 Å². The molecule has 0 fully saturated rings. The number of nitrogens with one attached hydrogen (secondary N) is 1. The van der Waals surface area contributed by atoms with Gasteiger partial charge < -0.3 is 10.1 Å². The summed E-state index contributed by atoms with van der Waals surface area (Å²) in [7, 11) is 1.87. The molecule has 1 heterocycles. The van der Waals surface area contributed by atoms with Gasteiger partial charge in [0.2, 0.25) is 0 Å². The summed E-state index contributed by atoms with van der Waals surface area (Å²) in [6, 6.07) is 7.38. The number of aromatic nitrogens is 3. The summed E-state index contributed by atoms with van der Waals surface area (Å²) in [4.78, 5) is 0. The van der Waals surface area contributed by atoms with Gasteiger partial charge in [-0.3, -0.25) is 0 Å². The van der Waals surface area contributed by atoms with Gasteiger partial charge in [-0.05, 0) is 47.1 Å². The van der Waals surface area contributed by atoms with Gasteiger partial charge in [-0.25, -0.2) is 4.68 Å². The van der Waals surface area contributed by atoms with E-state index in [0.717, 1.165) is 29.0 Å². The third-order valence-electron chi connectivity index (χ3n) is 3.01. The Labute approximate surface area is 137 Å². The minimum atomic E-state index is -0.00157. The predicted octanol–water partition coefficient (Wildman–Crippen LogP) is 3.35. The Morgan fingerprint density at radius 2 is 2.29 bits per heavy atom. The molecule has 0 aliphatic rings. The minimum absolute atomic E-state index is 0.00157. The van der Waals surface area contributed by atoms with E-state index in [-0.39, 0.29) is 6.04 Å². The van der Waals surface area contributed by atoms with E-state index in [1.54, 1.807) is 10.7 Å². The van der Waals surface area contributed by atoms with Crippen molar-refractivity contribution in [3.8, 4) is 5.75 Å². The van der Waals surface area contributed by atoms with Gasteiger partial charge in [0.1, 0.15) is 12.4 Å². The lowest BCUT2D eigenvalue weighted by Gasteiger charge is -2.19. The minimum Gasteiger partial charge on any atom is -0.491 e. The van der Waals surface area contributed by atoms with E-state index in [1.165, 1.54) is 0 Å². The van der Waals surface area contributed by atoms with Gasteiger partial charge in [-0.1, -0.05) is 29.8 Å². The monoisotopic (exact) mass is 372 g/mol. The topological polar surface area (TPSA) is 52.0 Å². The molecule has 1 aromatic heterocycles. The van der Waals surface area contributed by atoms with Crippen molar-refractivity contribution in [3.05, 3.63) is 39.6 Å². The Morgan fingerprint density at radius 3 is 2.90 bits per heavy atom. The summed E-state index contributed by atoms with van der Waals surface area (Å²) in [6.07, 6.45) is 1.04. The maximum atomic E-state index is 5.97. The van der Waals surface area contributed by atoms with Crippen LogP contribution in [0.15, 0.2) is 28.9 Å². The zero-order valence-corrected chi connectivity index (χ0v) is 14.4. The standard InChI is InChI=1S/C14H18BrClN4O/c1-3-7-17-12(13-14(15)18-19-20(13)2)9-21-11-6-4-5-10(16)8-11/h4-6,8,12,17H,3,7,9H2,1-2H3. The largest absolute Gasteiger partial charge is 0.491 e. The molecule has 0 radical (unpaired) electrons. The lowest BCUT2D eigenvalue weighted by Crippen LogP contribution is -2.29. The van der Waals surface area contributed by atoms with Crippen molar-refractivity contribution in [1.82, 2.24) is 20.3 Å². The molecule has 2 aromatic rings. The molecule has 0 saturated heterocycles. The first kappa shape index (κ1) is 16.3. The van der Waals surface area contributed by atoms with Gasteiger partial charge in [0.05, 0.1) is 11.7 Å². The number of halogens is 2. The molecule has 1 N–H and O–H groups in total. The molecule has 0 saturated carbocycles. The molecule has 21 heavy (non-hydrogen) atoms. The maximum absolute atomic E-state index is 5.97. The molecule has 1 aromatic carbocycles. The highest BCUT2D eigenvalue weighted by atomic mass is 79.9. The van der Waals surface area contributed by atoms with E-state index in [2.05, 4.69) is 38.5 Å². The Balaban J connectivity index is 2.10. The first-order valence-corrected chi connectivity index (χ1v) is 7.95. The molecule has 7 heteroatoms. The number of hydrogen-bond donors (Lipinski definition) is 1. The Hall–Kier alpha value is -1.11. The van der Waals surface area contributed by atoms with Gasteiger partial charge >= 0.3 is 0 Å². The Bertz CT molecular complexity index is 571. The Kier molecular flexibility index (Phi) is 6.02. The van der Waals surface area contributed by atoms with Crippen LogP contribution in [0.3, 0.4) is 0 Å². The molecule has 5 nitrogen and oxygen atoms in total. The number of benzene rings is 1. The Morgan fingerprint density at radius 1 is 1.48 bits per heavy atom. The molecule has 0 aliphatic carbocycles. The van der Waals surface area contributed by atoms with Crippen LogP contribution in [-0.2, 0) is 7.05 Å². The van der Waals surface area contributed by atoms with E-state index >= 15 is 0 Å². The molecule has 2 rings (SSSR count). The van der Waals surface area contributed by atoms with Crippen molar-refractivity contribution in [3.63, 3.8) is 0 Å². The zero-order chi connectivity index (χ0) is 15.2. The van der Waals surface area contributed by atoms with Crippen molar-refractivity contribution in [2.24, 2.45) is 7.05 Å². The quantitative estimate of drug-likeness (QED) is 0.808. The van der Waals surface area contributed by atoms with Crippen LogP contribution < -0.4 is 10.1 Å². The lowest BCUT2D eigenvalue weighted by molar-refractivity contribution is 0.260. The number of hydrogen-bond acceptors (Lipinski definition) is 4. The second kappa shape index (κ2) is 7.77. The van der Waals surface area contributed by atoms with Crippen molar-refractivity contribution in [1.29, 1.82) is 0 Å². The highest BCUT2D eigenvalue weighted by Crippen LogP contribution is 2.23. The first-order valence-electron chi connectivity index (χ1n) is 6.78. The molecule has 0 spiro atoms. The van der Waals surface area contributed by atoms with Crippen molar-refractivity contribution in [2.45, 2.75) is 19.4 Å². The third kappa shape index (κ3) is 4.43. The molecule has 1 unspecified atom stereocenters. The third-order valence-corrected chi connectivity index (χ3v) is 3.81. The summed E-state index contributed by atoms with van der Waals surface area (Å²) in [5.41, 5.74) is 0.963.